The van der Waals surface area contributed by atoms with Crippen LogP contribution in [-0.2, 0) is 11.8 Å². The van der Waals surface area contributed by atoms with Crippen molar-refractivity contribution in [1.82, 2.24) is 9.78 Å². The number of rotatable bonds is 3. The van der Waals surface area contributed by atoms with E-state index in [0.29, 0.717) is 5.02 Å². The largest absolute Gasteiger partial charge is 0.478 e. The number of aromatic nitrogens is 2. The van der Waals surface area contributed by atoms with Gasteiger partial charge >= 0.3 is 5.97 Å². The van der Waals surface area contributed by atoms with E-state index in [1.165, 1.54) is 6.08 Å². The second-order valence-corrected chi connectivity index (χ2v) is 4.19. The Kier molecular flexibility index (Phi) is 3.48. The molecule has 18 heavy (non-hydrogen) atoms. The van der Waals surface area contributed by atoms with Gasteiger partial charge in [0.25, 0.3) is 0 Å². The quantitative estimate of drug-likeness (QED) is 0.866. The van der Waals surface area contributed by atoms with Crippen LogP contribution < -0.4 is 0 Å². The molecule has 92 valence electrons. The summed E-state index contributed by atoms with van der Waals surface area (Å²) in [7, 11) is 1.80. The number of aliphatic carboxylic acids is 1. The van der Waals surface area contributed by atoms with Crippen molar-refractivity contribution in [3.8, 4) is 11.3 Å². The fourth-order valence-electron chi connectivity index (χ4n) is 1.73. The van der Waals surface area contributed by atoms with E-state index < -0.39 is 5.97 Å². The number of carboxylic acid groups (broad SMARTS) is 1. The number of hydrogen-bond donors (Lipinski definition) is 1. The van der Waals surface area contributed by atoms with Crippen molar-refractivity contribution < 1.29 is 9.90 Å². The maximum atomic E-state index is 10.5. The van der Waals surface area contributed by atoms with Gasteiger partial charge in [-0.25, -0.2) is 4.79 Å². The summed E-state index contributed by atoms with van der Waals surface area (Å²) in [6, 6.07) is 7.35. The molecule has 1 N–H and O–H groups in total. The Hall–Kier alpha value is -2.07. The lowest BCUT2D eigenvalue weighted by Crippen LogP contribution is -1.94. The van der Waals surface area contributed by atoms with E-state index in [9.17, 15) is 4.79 Å². The molecule has 0 saturated heterocycles. The standard InChI is InChI=1S/C13H11ClN2O2/c1-16-13(9-3-2-4-11(14)7-9)10(8-15-16)5-6-12(17)18/h2-8H,1H3,(H,17,18). The molecule has 0 bridgehead atoms. The Balaban J connectivity index is 2.50. The Bertz CT molecular complexity index is 617. The number of carbonyl (C=O) groups is 1. The fourth-order valence-corrected chi connectivity index (χ4v) is 1.92. The summed E-state index contributed by atoms with van der Waals surface area (Å²) in [6.45, 7) is 0. The second kappa shape index (κ2) is 5.06. The first-order chi connectivity index (χ1) is 8.58. The van der Waals surface area contributed by atoms with E-state index in [-0.39, 0.29) is 0 Å². The van der Waals surface area contributed by atoms with Gasteiger partial charge in [-0.15, -0.1) is 0 Å². The van der Waals surface area contributed by atoms with Gasteiger partial charge in [0, 0.05) is 29.3 Å². The molecular weight excluding hydrogens is 252 g/mol. The minimum absolute atomic E-state index is 0.627. The van der Waals surface area contributed by atoms with E-state index >= 15 is 0 Å². The molecule has 1 aromatic carbocycles. The molecule has 0 aliphatic rings. The van der Waals surface area contributed by atoms with Gasteiger partial charge in [-0.05, 0) is 18.2 Å². The molecule has 0 spiro atoms. The Morgan fingerprint density at radius 1 is 1.50 bits per heavy atom. The zero-order chi connectivity index (χ0) is 13.1. The van der Waals surface area contributed by atoms with Gasteiger partial charge in [-0.3, -0.25) is 4.68 Å². The molecule has 0 fully saturated rings. The predicted molar refractivity (Wildman–Crippen MR) is 70.3 cm³/mol. The van der Waals surface area contributed by atoms with Crippen LogP contribution in [0.2, 0.25) is 5.02 Å². The van der Waals surface area contributed by atoms with E-state index in [4.69, 9.17) is 16.7 Å². The van der Waals surface area contributed by atoms with Crippen LogP contribution in [-0.4, -0.2) is 20.9 Å². The molecule has 0 unspecified atom stereocenters. The molecule has 0 saturated carbocycles. The van der Waals surface area contributed by atoms with Crippen LogP contribution in [0.3, 0.4) is 0 Å². The summed E-state index contributed by atoms with van der Waals surface area (Å²) in [5, 5.41) is 13.4. The normalized spacial score (nSPS) is 11.0. The summed E-state index contributed by atoms with van der Waals surface area (Å²) in [4.78, 5) is 10.5. The smallest absolute Gasteiger partial charge is 0.328 e. The van der Waals surface area contributed by atoms with Crippen LogP contribution in [0.1, 0.15) is 5.56 Å². The van der Waals surface area contributed by atoms with Gasteiger partial charge in [0.1, 0.15) is 0 Å². The maximum Gasteiger partial charge on any atom is 0.328 e. The lowest BCUT2D eigenvalue weighted by atomic mass is 10.1. The molecule has 0 radical (unpaired) electrons. The van der Waals surface area contributed by atoms with Crippen LogP contribution in [0.5, 0.6) is 0 Å². The highest BCUT2D eigenvalue weighted by Gasteiger charge is 2.09. The van der Waals surface area contributed by atoms with Crippen molar-refractivity contribution in [2.24, 2.45) is 7.05 Å². The third-order valence-electron chi connectivity index (χ3n) is 2.47. The highest BCUT2D eigenvalue weighted by atomic mass is 35.5. The van der Waals surface area contributed by atoms with Crippen molar-refractivity contribution in [2.45, 2.75) is 0 Å². The average Bonchev–Trinajstić information content (AvgIpc) is 2.68. The van der Waals surface area contributed by atoms with Crippen LogP contribution in [0, 0.1) is 0 Å². The summed E-state index contributed by atoms with van der Waals surface area (Å²) in [5.41, 5.74) is 2.46. The van der Waals surface area contributed by atoms with E-state index in [1.54, 1.807) is 24.0 Å². The number of carboxylic acids is 1. The van der Waals surface area contributed by atoms with Crippen LogP contribution in [0.15, 0.2) is 36.5 Å². The Labute approximate surface area is 109 Å². The van der Waals surface area contributed by atoms with Crippen molar-refractivity contribution in [3.63, 3.8) is 0 Å². The number of hydrogen-bond acceptors (Lipinski definition) is 2. The topological polar surface area (TPSA) is 55.1 Å². The third kappa shape index (κ3) is 2.60. The molecule has 1 aromatic heterocycles. The predicted octanol–water partition coefficient (Wildman–Crippen LogP) is 2.84. The molecule has 0 aliphatic carbocycles. The molecule has 0 atom stereocenters. The second-order valence-electron chi connectivity index (χ2n) is 3.75. The minimum Gasteiger partial charge on any atom is -0.478 e. The molecule has 2 aromatic rings. The molecular formula is C13H11ClN2O2. The first kappa shape index (κ1) is 12.4. The van der Waals surface area contributed by atoms with Crippen LogP contribution >= 0.6 is 11.6 Å². The minimum atomic E-state index is -0.990. The number of halogens is 1. The summed E-state index contributed by atoms with van der Waals surface area (Å²) in [5.74, 6) is -0.990. The lowest BCUT2D eigenvalue weighted by molar-refractivity contribution is -0.131. The molecule has 2 rings (SSSR count). The first-order valence-electron chi connectivity index (χ1n) is 5.27. The van der Waals surface area contributed by atoms with E-state index in [0.717, 1.165) is 22.9 Å². The number of aryl methyl sites for hydroxylation is 1. The highest BCUT2D eigenvalue weighted by molar-refractivity contribution is 6.30. The fraction of sp³-hybridized carbons (Fsp3) is 0.0769. The van der Waals surface area contributed by atoms with Crippen LogP contribution in [0.25, 0.3) is 17.3 Å². The molecule has 0 aliphatic heterocycles. The lowest BCUT2D eigenvalue weighted by Gasteiger charge is -2.04. The van der Waals surface area contributed by atoms with Gasteiger partial charge in [0.05, 0.1) is 11.9 Å². The third-order valence-corrected chi connectivity index (χ3v) is 2.71. The van der Waals surface area contributed by atoms with Gasteiger partial charge in [0.15, 0.2) is 0 Å². The average molecular weight is 263 g/mol. The first-order valence-corrected chi connectivity index (χ1v) is 5.64. The summed E-state index contributed by atoms with van der Waals surface area (Å²) >= 11 is 5.95. The van der Waals surface area contributed by atoms with Crippen LogP contribution in [0.4, 0.5) is 0 Å². The zero-order valence-corrected chi connectivity index (χ0v) is 10.4. The molecule has 0 amide bonds. The van der Waals surface area contributed by atoms with E-state index in [2.05, 4.69) is 5.10 Å². The zero-order valence-electron chi connectivity index (χ0n) is 9.67. The highest BCUT2D eigenvalue weighted by Crippen LogP contribution is 2.26. The molecule has 5 heteroatoms. The van der Waals surface area contributed by atoms with Gasteiger partial charge in [-0.2, -0.15) is 5.10 Å². The van der Waals surface area contributed by atoms with Crippen molar-refractivity contribution >= 4 is 23.6 Å². The SMILES string of the molecule is Cn1ncc(C=CC(=O)O)c1-c1cccc(Cl)c1. The van der Waals surface area contributed by atoms with Crippen molar-refractivity contribution in [3.05, 3.63) is 47.1 Å². The van der Waals surface area contributed by atoms with Gasteiger partial charge in [0.2, 0.25) is 0 Å². The molecule has 4 nitrogen and oxygen atoms in total. The summed E-state index contributed by atoms with van der Waals surface area (Å²) in [6.07, 6.45) is 4.23. The monoisotopic (exact) mass is 262 g/mol. The Morgan fingerprint density at radius 3 is 2.94 bits per heavy atom. The summed E-state index contributed by atoms with van der Waals surface area (Å²) < 4.78 is 1.69. The number of benzene rings is 1. The Morgan fingerprint density at radius 2 is 2.28 bits per heavy atom. The number of nitrogens with zero attached hydrogens (tertiary/aromatic N) is 2. The maximum absolute atomic E-state index is 10.5. The molecule has 1 heterocycles. The van der Waals surface area contributed by atoms with E-state index in [1.807, 2.05) is 18.2 Å². The van der Waals surface area contributed by atoms with Crippen molar-refractivity contribution in [1.29, 1.82) is 0 Å². The van der Waals surface area contributed by atoms with Crippen molar-refractivity contribution in [2.75, 3.05) is 0 Å². The van der Waals surface area contributed by atoms with Gasteiger partial charge < -0.3 is 5.11 Å². The van der Waals surface area contributed by atoms with Gasteiger partial charge in [-0.1, -0.05) is 23.7 Å².